The second-order valence-electron chi connectivity index (χ2n) is 8.17. The number of hydrogen-bond donors (Lipinski definition) is 1. The van der Waals surface area contributed by atoms with Gasteiger partial charge in [0, 0.05) is 25.7 Å². The first-order valence-electron chi connectivity index (χ1n) is 10.2. The van der Waals surface area contributed by atoms with Gasteiger partial charge in [0.15, 0.2) is 0 Å². The highest BCUT2D eigenvalue weighted by atomic mass is 19.1. The van der Waals surface area contributed by atoms with Gasteiger partial charge < -0.3 is 5.32 Å². The Morgan fingerprint density at radius 1 is 1.29 bits per heavy atom. The van der Waals surface area contributed by atoms with E-state index in [0.717, 1.165) is 43.7 Å². The molecule has 2 heterocycles. The van der Waals surface area contributed by atoms with Crippen LogP contribution in [0.1, 0.15) is 50.4 Å². The van der Waals surface area contributed by atoms with Gasteiger partial charge in [-0.25, -0.2) is 4.39 Å². The fraction of sp³-hybridized carbons (Fsp3) is 0.478. The van der Waals surface area contributed by atoms with Gasteiger partial charge in [-0.3, -0.25) is 14.7 Å². The molecule has 0 spiro atoms. The number of hydrogen-bond acceptors (Lipinski definition) is 3. The molecule has 1 amide bonds. The van der Waals surface area contributed by atoms with Crippen LogP contribution in [0.25, 0.3) is 0 Å². The third-order valence-corrected chi connectivity index (χ3v) is 5.23. The number of likely N-dealkylation sites (tertiary alicyclic amines) is 1. The molecular formula is C23H30FN3O. The number of rotatable bonds is 7. The van der Waals surface area contributed by atoms with Crippen LogP contribution in [0.3, 0.4) is 0 Å². The zero-order chi connectivity index (χ0) is 19.9. The minimum atomic E-state index is -0.196. The number of amides is 1. The minimum Gasteiger partial charge on any atom is -0.347 e. The number of pyridine rings is 1. The molecule has 2 atom stereocenters. The first kappa shape index (κ1) is 20.5. The Balaban J connectivity index is 1.72. The summed E-state index contributed by atoms with van der Waals surface area (Å²) in [5, 5.41) is 3.24. The van der Waals surface area contributed by atoms with Crippen molar-refractivity contribution in [2.24, 2.45) is 11.8 Å². The van der Waals surface area contributed by atoms with Crippen LogP contribution in [0.4, 0.5) is 4.39 Å². The minimum absolute atomic E-state index is 0.0768. The molecule has 1 saturated heterocycles. The van der Waals surface area contributed by atoms with Crippen molar-refractivity contribution in [3.05, 3.63) is 65.7 Å². The van der Waals surface area contributed by atoms with Crippen LogP contribution in [0, 0.1) is 17.7 Å². The zero-order valence-electron chi connectivity index (χ0n) is 16.8. The predicted octanol–water partition coefficient (Wildman–Crippen LogP) is 4.34. The van der Waals surface area contributed by atoms with Gasteiger partial charge in [0.05, 0.1) is 11.7 Å². The second-order valence-corrected chi connectivity index (χ2v) is 8.17. The summed E-state index contributed by atoms with van der Waals surface area (Å²) in [5.41, 5.74) is 1.90. The summed E-state index contributed by atoms with van der Waals surface area (Å²) in [6.45, 7) is 6.68. The summed E-state index contributed by atoms with van der Waals surface area (Å²) in [6.07, 6.45) is 4.40. The van der Waals surface area contributed by atoms with Crippen molar-refractivity contribution >= 4 is 5.91 Å². The third kappa shape index (κ3) is 5.86. The Hall–Kier alpha value is -2.27. The summed E-state index contributed by atoms with van der Waals surface area (Å²) >= 11 is 0. The van der Waals surface area contributed by atoms with Gasteiger partial charge in [-0.2, -0.15) is 0 Å². The van der Waals surface area contributed by atoms with E-state index in [-0.39, 0.29) is 23.7 Å². The monoisotopic (exact) mass is 383 g/mol. The van der Waals surface area contributed by atoms with Crippen molar-refractivity contribution in [3.8, 4) is 0 Å². The van der Waals surface area contributed by atoms with E-state index in [1.54, 1.807) is 18.3 Å². The molecule has 0 aliphatic carbocycles. The van der Waals surface area contributed by atoms with E-state index in [1.807, 2.05) is 24.3 Å². The Morgan fingerprint density at radius 3 is 2.86 bits per heavy atom. The van der Waals surface area contributed by atoms with Gasteiger partial charge >= 0.3 is 0 Å². The van der Waals surface area contributed by atoms with E-state index < -0.39 is 0 Å². The van der Waals surface area contributed by atoms with Crippen molar-refractivity contribution < 1.29 is 9.18 Å². The van der Waals surface area contributed by atoms with Gasteiger partial charge in [0.2, 0.25) is 5.91 Å². The number of benzene rings is 1. The lowest BCUT2D eigenvalue weighted by atomic mass is 9.88. The molecule has 1 aliphatic rings. The highest BCUT2D eigenvalue weighted by Gasteiger charge is 2.30. The molecule has 2 aromatic rings. The standard InChI is InChI=1S/C23H30FN3O/c1-17(2)13-22(28)26-23(21-10-3-4-11-25-21)19-8-6-12-27(16-19)15-18-7-5-9-20(24)14-18/h3-5,7,9-11,14,17,19,23H,6,8,12-13,15-16H2,1-2H3,(H,26,28)/t19-,23+/m1/s1. The molecule has 150 valence electrons. The number of piperidine rings is 1. The highest BCUT2D eigenvalue weighted by molar-refractivity contribution is 5.76. The van der Waals surface area contributed by atoms with Crippen LogP contribution in [0.2, 0.25) is 0 Å². The summed E-state index contributed by atoms with van der Waals surface area (Å²) < 4.78 is 13.5. The molecule has 0 saturated carbocycles. The van der Waals surface area contributed by atoms with E-state index in [2.05, 4.69) is 29.0 Å². The predicted molar refractivity (Wildman–Crippen MR) is 109 cm³/mol. The van der Waals surface area contributed by atoms with E-state index in [1.165, 1.54) is 6.07 Å². The highest BCUT2D eigenvalue weighted by Crippen LogP contribution is 2.30. The normalized spacial score (nSPS) is 18.8. The van der Waals surface area contributed by atoms with Crippen molar-refractivity contribution in [1.82, 2.24) is 15.2 Å². The molecule has 5 heteroatoms. The lowest BCUT2D eigenvalue weighted by Gasteiger charge is -2.37. The number of nitrogens with zero attached hydrogens (tertiary/aromatic N) is 2. The molecule has 0 radical (unpaired) electrons. The molecule has 1 aromatic heterocycles. The van der Waals surface area contributed by atoms with E-state index in [4.69, 9.17) is 0 Å². The molecule has 3 rings (SSSR count). The smallest absolute Gasteiger partial charge is 0.220 e. The van der Waals surface area contributed by atoms with Gasteiger partial charge in [-0.1, -0.05) is 32.0 Å². The first-order valence-corrected chi connectivity index (χ1v) is 10.2. The summed E-state index contributed by atoms with van der Waals surface area (Å²) in [7, 11) is 0. The molecule has 0 bridgehead atoms. The van der Waals surface area contributed by atoms with Crippen molar-refractivity contribution in [1.29, 1.82) is 0 Å². The lowest BCUT2D eigenvalue weighted by Crippen LogP contribution is -2.43. The molecule has 1 N–H and O–H groups in total. The molecule has 1 aromatic carbocycles. The van der Waals surface area contributed by atoms with Gasteiger partial charge in [-0.15, -0.1) is 0 Å². The largest absolute Gasteiger partial charge is 0.347 e. The van der Waals surface area contributed by atoms with Crippen molar-refractivity contribution in [2.75, 3.05) is 13.1 Å². The molecule has 28 heavy (non-hydrogen) atoms. The number of carbonyl (C=O) groups is 1. The van der Waals surface area contributed by atoms with Crippen molar-refractivity contribution in [2.45, 2.75) is 45.7 Å². The maximum atomic E-state index is 13.5. The van der Waals surface area contributed by atoms with E-state index in [9.17, 15) is 9.18 Å². The van der Waals surface area contributed by atoms with Gasteiger partial charge in [0.1, 0.15) is 5.82 Å². The van der Waals surface area contributed by atoms with Gasteiger partial charge in [0.25, 0.3) is 0 Å². The SMILES string of the molecule is CC(C)CC(=O)N[C@H](c1ccccn1)[C@@H]1CCCN(Cc2cccc(F)c2)C1. The molecular weight excluding hydrogens is 353 g/mol. The quantitative estimate of drug-likeness (QED) is 0.774. The number of carbonyl (C=O) groups excluding carboxylic acids is 1. The Bertz CT molecular complexity index is 765. The maximum absolute atomic E-state index is 13.5. The van der Waals surface area contributed by atoms with Crippen molar-refractivity contribution in [3.63, 3.8) is 0 Å². The summed E-state index contributed by atoms with van der Waals surface area (Å²) in [6, 6.07) is 12.6. The van der Waals surface area contributed by atoms with Crippen LogP contribution >= 0.6 is 0 Å². The number of nitrogens with one attached hydrogen (secondary N) is 1. The fourth-order valence-electron chi connectivity index (χ4n) is 4.00. The topological polar surface area (TPSA) is 45.2 Å². The molecule has 1 aliphatic heterocycles. The molecule has 0 unspecified atom stereocenters. The summed E-state index contributed by atoms with van der Waals surface area (Å²) in [4.78, 5) is 19.4. The Morgan fingerprint density at radius 2 is 2.14 bits per heavy atom. The second kappa shape index (κ2) is 9.78. The van der Waals surface area contributed by atoms with E-state index in [0.29, 0.717) is 12.3 Å². The zero-order valence-corrected chi connectivity index (χ0v) is 16.8. The van der Waals surface area contributed by atoms with Gasteiger partial charge in [-0.05, 0) is 61.1 Å². The van der Waals surface area contributed by atoms with Crippen LogP contribution in [-0.2, 0) is 11.3 Å². The number of halogens is 1. The van der Waals surface area contributed by atoms with Crippen LogP contribution in [0.15, 0.2) is 48.7 Å². The average Bonchev–Trinajstić information content (AvgIpc) is 2.66. The fourth-order valence-corrected chi connectivity index (χ4v) is 4.00. The van der Waals surface area contributed by atoms with Crippen LogP contribution in [0.5, 0.6) is 0 Å². The average molecular weight is 384 g/mol. The van der Waals surface area contributed by atoms with E-state index >= 15 is 0 Å². The molecule has 1 fully saturated rings. The number of aromatic nitrogens is 1. The molecule has 4 nitrogen and oxygen atoms in total. The van der Waals surface area contributed by atoms with Crippen LogP contribution in [-0.4, -0.2) is 28.9 Å². The van der Waals surface area contributed by atoms with Crippen LogP contribution < -0.4 is 5.32 Å². The Kier molecular flexibility index (Phi) is 7.15. The lowest BCUT2D eigenvalue weighted by molar-refractivity contribution is -0.123. The third-order valence-electron chi connectivity index (χ3n) is 5.23. The maximum Gasteiger partial charge on any atom is 0.220 e. The summed E-state index contributed by atoms with van der Waals surface area (Å²) in [5.74, 6) is 0.486. The Labute approximate surface area is 167 Å². The first-order chi connectivity index (χ1) is 13.5.